The van der Waals surface area contributed by atoms with Crippen LogP contribution in [0.3, 0.4) is 0 Å². The molecule has 0 heterocycles. The normalized spacial score (nSPS) is 12.7. The molecule has 0 aliphatic rings. The molecule has 0 spiro atoms. The third-order valence-corrected chi connectivity index (χ3v) is 2.72. The first-order valence-corrected chi connectivity index (χ1v) is 8.42. The summed E-state index contributed by atoms with van der Waals surface area (Å²) < 4.78 is 5.61. The number of rotatable bonds is 5. The minimum Gasteiger partial charge on any atom is -0.414 e. The van der Waals surface area contributed by atoms with Crippen molar-refractivity contribution in [1.82, 2.24) is 0 Å². The highest BCUT2D eigenvalue weighted by atomic mass is 32.2. The van der Waals surface area contributed by atoms with Crippen molar-refractivity contribution in [3.8, 4) is 0 Å². The van der Waals surface area contributed by atoms with Crippen LogP contribution in [0.1, 0.15) is 6.92 Å². The molecule has 0 fully saturated rings. The summed E-state index contributed by atoms with van der Waals surface area (Å²) in [6.45, 7) is 9.53. The van der Waals surface area contributed by atoms with Crippen LogP contribution in [0.4, 0.5) is 0 Å². The lowest BCUT2D eigenvalue weighted by Gasteiger charge is -2.14. The molecule has 0 aliphatic carbocycles. The third-order valence-electron chi connectivity index (χ3n) is 0.972. The van der Waals surface area contributed by atoms with Gasteiger partial charge < -0.3 is 4.43 Å². The fourth-order valence-electron chi connectivity index (χ4n) is 0.502. The van der Waals surface area contributed by atoms with Crippen LogP contribution in [-0.2, 0) is 4.43 Å². The second-order valence-electron chi connectivity index (χ2n) is 3.25. The third kappa shape index (κ3) is 10.3. The van der Waals surface area contributed by atoms with Crippen LogP contribution in [0.2, 0.25) is 19.6 Å². The van der Waals surface area contributed by atoms with Gasteiger partial charge in [0.15, 0.2) is 8.32 Å². The van der Waals surface area contributed by atoms with E-state index in [0.717, 1.165) is 12.4 Å². The van der Waals surface area contributed by atoms with E-state index in [1.807, 2.05) is 11.8 Å². The largest absolute Gasteiger partial charge is 0.414 e. The lowest BCUT2D eigenvalue weighted by molar-refractivity contribution is 0.358. The summed E-state index contributed by atoms with van der Waals surface area (Å²) in [6, 6.07) is 0. The molecule has 0 aliphatic heterocycles. The van der Waals surface area contributed by atoms with E-state index >= 15 is 0 Å². The lowest BCUT2D eigenvalue weighted by Crippen LogP contribution is -2.25. The summed E-state index contributed by atoms with van der Waals surface area (Å²) in [4.78, 5) is 0. The van der Waals surface area contributed by atoms with Gasteiger partial charge in [-0.15, -0.1) is 11.8 Å². The van der Waals surface area contributed by atoms with Crippen molar-refractivity contribution in [2.24, 2.45) is 0 Å². The zero-order valence-electron chi connectivity index (χ0n) is 7.89. The van der Waals surface area contributed by atoms with Gasteiger partial charge in [0.1, 0.15) is 0 Å². The van der Waals surface area contributed by atoms with Crippen LogP contribution in [0.25, 0.3) is 0 Å². The highest BCUT2D eigenvalue weighted by Gasteiger charge is 2.11. The Balaban J connectivity index is 3.27. The predicted octanol–water partition coefficient (Wildman–Crippen LogP) is 3.10. The molecular weight excluding hydrogens is 172 g/mol. The molecule has 0 bridgehead atoms. The average Bonchev–Trinajstić information content (AvgIpc) is 1.85. The Morgan fingerprint density at radius 3 is 2.45 bits per heavy atom. The molecule has 0 unspecified atom stereocenters. The first-order chi connectivity index (χ1) is 5.06. The second kappa shape index (κ2) is 5.86. The van der Waals surface area contributed by atoms with E-state index in [9.17, 15) is 0 Å². The molecule has 0 aromatic rings. The van der Waals surface area contributed by atoms with Crippen molar-refractivity contribution >= 4 is 20.1 Å². The van der Waals surface area contributed by atoms with Crippen molar-refractivity contribution in [1.29, 1.82) is 0 Å². The summed E-state index contributed by atoms with van der Waals surface area (Å²) in [5.74, 6) is 1.14. The quantitative estimate of drug-likeness (QED) is 0.616. The molecule has 0 radical (unpaired) electrons. The van der Waals surface area contributed by atoms with E-state index in [0.29, 0.717) is 0 Å². The van der Waals surface area contributed by atoms with Crippen LogP contribution >= 0.6 is 11.8 Å². The van der Waals surface area contributed by atoms with Gasteiger partial charge in [0.2, 0.25) is 0 Å². The van der Waals surface area contributed by atoms with Gasteiger partial charge in [-0.3, -0.25) is 0 Å². The van der Waals surface area contributed by atoms with Crippen LogP contribution in [0, 0.1) is 0 Å². The van der Waals surface area contributed by atoms with Crippen molar-refractivity contribution in [3.05, 3.63) is 11.5 Å². The Labute approximate surface area is 75.3 Å². The van der Waals surface area contributed by atoms with Gasteiger partial charge in [0, 0.05) is 0 Å². The maximum atomic E-state index is 5.61. The SMILES string of the molecule is CCS/C=C/CO[Si](C)(C)C. The van der Waals surface area contributed by atoms with Crippen molar-refractivity contribution in [3.63, 3.8) is 0 Å². The fraction of sp³-hybridized carbons (Fsp3) is 0.750. The van der Waals surface area contributed by atoms with Gasteiger partial charge >= 0.3 is 0 Å². The van der Waals surface area contributed by atoms with Gasteiger partial charge in [-0.1, -0.05) is 13.0 Å². The zero-order chi connectivity index (χ0) is 8.74. The van der Waals surface area contributed by atoms with E-state index < -0.39 is 8.32 Å². The van der Waals surface area contributed by atoms with Gasteiger partial charge in [-0.25, -0.2) is 0 Å². The monoisotopic (exact) mass is 190 g/mol. The Hall–Kier alpha value is 0.267. The molecule has 0 rings (SSSR count). The smallest absolute Gasteiger partial charge is 0.184 e. The van der Waals surface area contributed by atoms with Gasteiger partial charge in [-0.05, 0) is 30.8 Å². The summed E-state index contributed by atoms with van der Waals surface area (Å²) in [6.07, 6.45) is 2.09. The van der Waals surface area contributed by atoms with Crippen LogP contribution in [0.5, 0.6) is 0 Å². The number of thioether (sulfide) groups is 1. The van der Waals surface area contributed by atoms with Crippen LogP contribution in [0.15, 0.2) is 11.5 Å². The predicted molar refractivity (Wildman–Crippen MR) is 56.6 cm³/mol. The Morgan fingerprint density at radius 2 is 2.00 bits per heavy atom. The maximum Gasteiger partial charge on any atom is 0.184 e. The molecule has 0 aromatic heterocycles. The minimum atomic E-state index is -1.28. The minimum absolute atomic E-state index is 0.780. The molecule has 11 heavy (non-hydrogen) atoms. The van der Waals surface area contributed by atoms with E-state index in [4.69, 9.17) is 4.43 Å². The fourth-order valence-corrected chi connectivity index (χ4v) is 1.50. The van der Waals surface area contributed by atoms with Crippen LogP contribution < -0.4 is 0 Å². The highest BCUT2D eigenvalue weighted by Crippen LogP contribution is 2.04. The number of hydrogen-bond acceptors (Lipinski definition) is 2. The first kappa shape index (κ1) is 11.3. The Kier molecular flexibility index (Phi) is 6.00. The summed E-state index contributed by atoms with van der Waals surface area (Å²) in [5.41, 5.74) is 0. The molecular formula is C8H18OSSi. The lowest BCUT2D eigenvalue weighted by atomic mass is 10.7. The van der Waals surface area contributed by atoms with Crippen molar-refractivity contribution in [2.45, 2.75) is 26.6 Å². The van der Waals surface area contributed by atoms with Crippen LogP contribution in [-0.4, -0.2) is 20.7 Å². The molecule has 0 saturated carbocycles. The van der Waals surface area contributed by atoms with Crippen molar-refractivity contribution < 1.29 is 4.43 Å². The first-order valence-electron chi connectivity index (χ1n) is 3.97. The second-order valence-corrected chi connectivity index (χ2v) is 8.95. The van der Waals surface area contributed by atoms with Crippen molar-refractivity contribution in [2.75, 3.05) is 12.4 Å². The van der Waals surface area contributed by atoms with E-state index in [-0.39, 0.29) is 0 Å². The summed E-state index contributed by atoms with van der Waals surface area (Å²) in [5, 5.41) is 2.11. The molecule has 0 N–H and O–H groups in total. The average molecular weight is 190 g/mol. The van der Waals surface area contributed by atoms with Gasteiger partial charge in [0.05, 0.1) is 6.61 Å². The number of hydrogen-bond donors (Lipinski definition) is 0. The van der Waals surface area contributed by atoms with E-state index in [1.54, 1.807) is 0 Å². The van der Waals surface area contributed by atoms with Gasteiger partial charge in [0.25, 0.3) is 0 Å². The standard InChI is InChI=1S/C8H18OSSi/c1-5-10-8-6-7-9-11(2,3)4/h6,8H,5,7H2,1-4H3/b8-6+. The highest BCUT2D eigenvalue weighted by molar-refractivity contribution is 8.02. The molecule has 0 aromatic carbocycles. The summed E-state index contributed by atoms with van der Waals surface area (Å²) >= 11 is 1.81. The molecule has 0 saturated heterocycles. The maximum absolute atomic E-state index is 5.61. The molecule has 3 heteroatoms. The molecule has 0 amide bonds. The Morgan fingerprint density at radius 1 is 1.36 bits per heavy atom. The molecule has 1 nitrogen and oxygen atoms in total. The zero-order valence-corrected chi connectivity index (χ0v) is 9.70. The Bertz CT molecular complexity index is 118. The van der Waals surface area contributed by atoms with E-state index in [1.165, 1.54) is 0 Å². The van der Waals surface area contributed by atoms with Gasteiger partial charge in [-0.2, -0.15) is 0 Å². The topological polar surface area (TPSA) is 9.23 Å². The molecule has 66 valence electrons. The summed E-state index contributed by atoms with van der Waals surface area (Å²) in [7, 11) is -1.28. The van der Waals surface area contributed by atoms with E-state index in [2.05, 4.69) is 38.0 Å². The molecule has 0 atom stereocenters.